The van der Waals surface area contributed by atoms with Crippen LogP contribution in [-0.4, -0.2) is 36.1 Å². The minimum Gasteiger partial charge on any atom is -0.491 e. The van der Waals surface area contributed by atoms with E-state index in [0.29, 0.717) is 11.0 Å². The van der Waals surface area contributed by atoms with E-state index in [1.54, 1.807) is 0 Å². The molecule has 5 heteroatoms. The first kappa shape index (κ1) is 14.8. The number of likely N-dealkylation sites (N-methyl/N-ethyl adjacent to an activating group) is 1. The molecule has 1 unspecified atom stereocenters. The molecular weight excluding hydrogens is 324 g/mol. The Morgan fingerprint density at radius 3 is 2.95 bits per heavy atom. The third kappa shape index (κ3) is 3.91. The molecule has 1 atom stereocenters. The Bertz CT molecular complexity index is 467. The summed E-state index contributed by atoms with van der Waals surface area (Å²) in [6.45, 7) is 1.89. The van der Waals surface area contributed by atoms with Crippen LogP contribution in [0.15, 0.2) is 22.7 Å². The Morgan fingerprint density at radius 2 is 2.32 bits per heavy atom. The Kier molecular flexibility index (Phi) is 5.19. The van der Waals surface area contributed by atoms with E-state index in [1.807, 2.05) is 18.2 Å². The van der Waals surface area contributed by atoms with Gasteiger partial charge in [-0.15, -0.1) is 0 Å². The predicted octanol–water partition coefficient (Wildman–Crippen LogP) is 2.95. The third-order valence-electron chi connectivity index (χ3n) is 3.57. The van der Waals surface area contributed by atoms with E-state index in [4.69, 9.17) is 22.7 Å². The van der Waals surface area contributed by atoms with Crippen molar-refractivity contribution in [1.29, 1.82) is 0 Å². The molecule has 19 heavy (non-hydrogen) atoms. The molecule has 3 nitrogen and oxygen atoms in total. The van der Waals surface area contributed by atoms with Crippen LogP contribution in [0.2, 0.25) is 0 Å². The van der Waals surface area contributed by atoms with Crippen molar-refractivity contribution in [2.24, 2.45) is 5.73 Å². The molecule has 0 spiro atoms. The zero-order valence-electron chi connectivity index (χ0n) is 11.1. The smallest absolute Gasteiger partial charge is 0.133 e. The summed E-state index contributed by atoms with van der Waals surface area (Å²) in [5.41, 5.74) is 6.46. The van der Waals surface area contributed by atoms with Crippen LogP contribution in [0.3, 0.4) is 0 Å². The lowest BCUT2D eigenvalue weighted by Crippen LogP contribution is -2.40. The summed E-state index contributed by atoms with van der Waals surface area (Å²) >= 11 is 8.46. The van der Waals surface area contributed by atoms with E-state index in [1.165, 1.54) is 19.3 Å². The zero-order valence-corrected chi connectivity index (χ0v) is 13.5. The number of halogens is 1. The van der Waals surface area contributed by atoms with Crippen LogP contribution in [-0.2, 0) is 0 Å². The molecule has 0 radical (unpaired) electrons. The van der Waals surface area contributed by atoms with Gasteiger partial charge in [0, 0.05) is 11.6 Å². The zero-order chi connectivity index (χ0) is 13.8. The Balaban J connectivity index is 1.97. The summed E-state index contributed by atoms with van der Waals surface area (Å²) in [6, 6.07) is 6.23. The first-order chi connectivity index (χ1) is 9.08. The second-order valence-corrected chi connectivity index (χ2v) is 6.24. The molecule has 1 aliphatic heterocycles. The number of ether oxygens (including phenoxy) is 1. The second kappa shape index (κ2) is 6.68. The van der Waals surface area contributed by atoms with Crippen molar-refractivity contribution in [1.82, 2.24) is 4.90 Å². The third-order valence-corrected chi connectivity index (χ3v) is 4.42. The Labute approximate surface area is 128 Å². The van der Waals surface area contributed by atoms with Crippen LogP contribution in [0.4, 0.5) is 0 Å². The second-order valence-electron chi connectivity index (χ2n) is 4.95. The van der Waals surface area contributed by atoms with Crippen LogP contribution in [0, 0.1) is 0 Å². The summed E-state index contributed by atoms with van der Waals surface area (Å²) in [5, 5.41) is 0. The van der Waals surface area contributed by atoms with Gasteiger partial charge in [-0.2, -0.15) is 0 Å². The molecule has 1 aromatic carbocycles. The summed E-state index contributed by atoms with van der Waals surface area (Å²) in [5.74, 6) is 0.846. The van der Waals surface area contributed by atoms with Crippen molar-refractivity contribution in [2.45, 2.75) is 25.3 Å². The van der Waals surface area contributed by atoms with Gasteiger partial charge in [-0.1, -0.05) is 18.6 Å². The maximum atomic E-state index is 5.91. The predicted molar refractivity (Wildman–Crippen MR) is 85.8 cm³/mol. The largest absolute Gasteiger partial charge is 0.491 e. The van der Waals surface area contributed by atoms with Gasteiger partial charge in [0.15, 0.2) is 0 Å². The van der Waals surface area contributed by atoms with Gasteiger partial charge >= 0.3 is 0 Å². The van der Waals surface area contributed by atoms with Crippen LogP contribution in [0.25, 0.3) is 0 Å². The summed E-state index contributed by atoms with van der Waals surface area (Å²) in [6.07, 6.45) is 3.79. The average molecular weight is 343 g/mol. The fourth-order valence-corrected chi connectivity index (χ4v) is 2.93. The fourth-order valence-electron chi connectivity index (χ4n) is 2.31. The average Bonchev–Trinajstić information content (AvgIpc) is 2.39. The number of piperidine rings is 1. The molecule has 1 aromatic rings. The number of rotatable bonds is 4. The molecule has 1 saturated heterocycles. The van der Waals surface area contributed by atoms with Crippen molar-refractivity contribution < 1.29 is 4.74 Å². The first-order valence-electron chi connectivity index (χ1n) is 6.50. The number of hydrogen-bond acceptors (Lipinski definition) is 3. The van der Waals surface area contributed by atoms with E-state index < -0.39 is 0 Å². The van der Waals surface area contributed by atoms with Crippen LogP contribution in [0.1, 0.15) is 24.8 Å². The Hall–Kier alpha value is -0.650. The number of benzene rings is 1. The van der Waals surface area contributed by atoms with E-state index in [9.17, 15) is 0 Å². The summed E-state index contributed by atoms with van der Waals surface area (Å²) < 4.78 is 6.81. The highest BCUT2D eigenvalue weighted by atomic mass is 79.9. The number of thiocarbonyl (C=S) groups is 1. The van der Waals surface area contributed by atoms with Crippen molar-refractivity contribution in [3.63, 3.8) is 0 Å². The van der Waals surface area contributed by atoms with Crippen LogP contribution < -0.4 is 10.5 Å². The lowest BCUT2D eigenvalue weighted by Gasteiger charge is -2.32. The molecular formula is C14H19BrN2OS. The van der Waals surface area contributed by atoms with Gasteiger partial charge in [-0.3, -0.25) is 0 Å². The highest BCUT2D eigenvalue weighted by molar-refractivity contribution is 9.10. The Morgan fingerprint density at radius 1 is 1.53 bits per heavy atom. The fraction of sp³-hybridized carbons (Fsp3) is 0.500. The highest BCUT2D eigenvalue weighted by Gasteiger charge is 2.19. The molecule has 0 saturated carbocycles. The number of nitrogens with zero attached hydrogens (tertiary/aromatic N) is 1. The normalized spacial score (nSPS) is 20.2. The highest BCUT2D eigenvalue weighted by Crippen LogP contribution is 2.27. The van der Waals surface area contributed by atoms with Gasteiger partial charge in [0.25, 0.3) is 0 Å². The summed E-state index contributed by atoms with van der Waals surface area (Å²) in [7, 11) is 2.16. The van der Waals surface area contributed by atoms with Crippen molar-refractivity contribution in [3.8, 4) is 5.75 Å². The monoisotopic (exact) mass is 342 g/mol. The van der Waals surface area contributed by atoms with Gasteiger partial charge in [0.05, 0.1) is 4.47 Å². The quantitative estimate of drug-likeness (QED) is 0.853. The molecule has 104 valence electrons. The SMILES string of the molecule is CN1CCCCC1COc1ccc(C(N)=S)cc1Br. The molecule has 0 aliphatic carbocycles. The van der Waals surface area contributed by atoms with E-state index in [2.05, 4.69) is 27.9 Å². The molecule has 1 heterocycles. The molecule has 0 amide bonds. The van der Waals surface area contributed by atoms with Gasteiger partial charge in [-0.05, 0) is 60.6 Å². The van der Waals surface area contributed by atoms with Gasteiger partial charge in [0.2, 0.25) is 0 Å². The van der Waals surface area contributed by atoms with Crippen molar-refractivity contribution in [2.75, 3.05) is 20.2 Å². The number of nitrogens with two attached hydrogens (primary N) is 1. The number of likely N-dealkylation sites (tertiary alicyclic amines) is 1. The molecule has 1 aliphatic rings. The van der Waals surface area contributed by atoms with E-state index in [-0.39, 0.29) is 0 Å². The molecule has 0 bridgehead atoms. The van der Waals surface area contributed by atoms with E-state index in [0.717, 1.165) is 28.9 Å². The maximum absolute atomic E-state index is 5.91. The molecule has 2 rings (SSSR count). The standard InChI is InChI=1S/C14H19BrN2OS/c1-17-7-3-2-4-11(17)9-18-13-6-5-10(14(16)19)8-12(13)15/h5-6,8,11H,2-4,7,9H2,1H3,(H2,16,19). The van der Waals surface area contributed by atoms with Crippen molar-refractivity contribution in [3.05, 3.63) is 28.2 Å². The lowest BCUT2D eigenvalue weighted by atomic mass is 10.0. The van der Waals surface area contributed by atoms with Gasteiger partial charge < -0.3 is 15.4 Å². The van der Waals surface area contributed by atoms with Gasteiger partial charge in [-0.25, -0.2) is 0 Å². The van der Waals surface area contributed by atoms with E-state index >= 15 is 0 Å². The summed E-state index contributed by atoms with van der Waals surface area (Å²) in [4.78, 5) is 2.78. The topological polar surface area (TPSA) is 38.5 Å². The number of hydrogen-bond donors (Lipinski definition) is 1. The molecule has 0 aromatic heterocycles. The van der Waals surface area contributed by atoms with Crippen molar-refractivity contribution >= 4 is 33.1 Å². The molecule has 2 N–H and O–H groups in total. The first-order valence-corrected chi connectivity index (χ1v) is 7.70. The van der Waals surface area contributed by atoms with Gasteiger partial charge in [0.1, 0.15) is 17.3 Å². The lowest BCUT2D eigenvalue weighted by molar-refractivity contribution is 0.125. The minimum atomic E-state index is 0.402. The van der Waals surface area contributed by atoms with Crippen LogP contribution in [0.5, 0.6) is 5.75 Å². The molecule has 1 fully saturated rings. The van der Waals surface area contributed by atoms with Crippen LogP contribution >= 0.6 is 28.1 Å². The minimum absolute atomic E-state index is 0.402. The maximum Gasteiger partial charge on any atom is 0.133 e.